The molecule has 0 bridgehead atoms. The number of hydrogen-bond acceptors (Lipinski definition) is 2. The van der Waals surface area contributed by atoms with Crippen molar-refractivity contribution >= 4 is 17.2 Å². The molecule has 0 aromatic heterocycles. The van der Waals surface area contributed by atoms with Crippen LogP contribution in [0, 0.1) is 17.3 Å². The highest BCUT2D eigenvalue weighted by molar-refractivity contribution is 7.80. The third-order valence-electron chi connectivity index (χ3n) is 3.93. The molecule has 0 amide bonds. The molecule has 0 saturated heterocycles. The van der Waals surface area contributed by atoms with E-state index in [0.717, 1.165) is 18.3 Å². The third-order valence-corrected chi connectivity index (χ3v) is 4.08. The minimum Gasteiger partial charge on any atom is -0.393 e. The van der Waals surface area contributed by atoms with Crippen LogP contribution in [0.4, 0.5) is 0 Å². The maximum atomic E-state index is 5.64. The Balaban J connectivity index is 1.73. The zero-order valence-electron chi connectivity index (χ0n) is 9.83. The summed E-state index contributed by atoms with van der Waals surface area (Å²) in [7, 11) is 2.24. The predicted molar refractivity (Wildman–Crippen MR) is 67.8 cm³/mol. The Kier molecular flexibility index (Phi) is 3.04. The molecule has 0 aromatic rings. The van der Waals surface area contributed by atoms with Crippen molar-refractivity contribution in [1.29, 1.82) is 0 Å². The average Bonchev–Trinajstić information content (AvgIpc) is 2.94. The first kappa shape index (κ1) is 11.3. The van der Waals surface area contributed by atoms with E-state index in [1.165, 1.54) is 32.4 Å². The second-order valence-electron chi connectivity index (χ2n) is 5.81. The average molecular weight is 226 g/mol. The molecule has 2 aliphatic carbocycles. The van der Waals surface area contributed by atoms with E-state index in [2.05, 4.69) is 18.9 Å². The first-order chi connectivity index (χ1) is 7.01. The van der Waals surface area contributed by atoms with Gasteiger partial charge in [0.05, 0.1) is 4.99 Å². The molecule has 86 valence electrons. The lowest BCUT2D eigenvalue weighted by atomic mass is 10.0. The Hall–Kier alpha value is -0.150. The van der Waals surface area contributed by atoms with E-state index in [1.54, 1.807) is 0 Å². The molecule has 0 radical (unpaired) electrons. The number of hydrogen-bond donors (Lipinski definition) is 1. The first-order valence-corrected chi connectivity index (χ1v) is 6.38. The van der Waals surface area contributed by atoms with Crippen molar-refractivity contribution in [3.8, 4) is 0 Å². The van der Waals surface area contributed by atoms with Crippen molar-refractivity contribution in [1.82, 2.24) is 4.90 Å². The molecule has 15 heavy (non-hydrogen) atoms. The molecule has 0 aromatic carbocycles. The van der Waals surface area contributed by atoms with E-state index >= 15 is 0 Å². The van der Waals surface area contributed by atoms with Crippen LogP contribution in [-0.4, -0.2) is 30.0 Å². The molecule has 0 heterocycles. The summed E-state index contributed by atoms with van der Waals surface area (Å²) in [5.41, 5.74) is 6.10. The molecule has 2 atom stereocenters. The number of thiocarbonyl (C=S) groups is 1. The van der Waals surface area contributed by atoms with Crippen molar-refractivity contribution in [2.24, 2.45) is 23.0 Å². The number of nitrogens with two attached hydrogens (primary N) is 1. The van der Waals surface area contributed by atoms with Crippen LogP contribution in [0.2, 0.25) is 0 Å². The number of rotatable bonds is 6. The van der Waals surface area contributed by atoms with Crippen LogP contribution in [0.3, 0.4) is 0 Å². The molecule has 2 fully saturated rings. The summed E-state index contributed by atoms with van der Waals surface area (Å²) in [5.74, 6) is 1.91. The Bertz CT molecular complexity index is 260. The van der Waals surface area contributed by atoms with Crippen LogP contribution < -0.4 is 5.73 Å². The minimum absolute atomic E-state index is 0.457. The molecule has 3 heteroatoms. The molecule has 2 aliphatic rings. The summed E-state index contributed by atoms with van der Waals surface area (Å²) in [6.07, 6.45) is 5.00. The van der Waals surface area contributed by atoms with Crippen molar-refractivity contribution in [2.45, 2.75) is 32.6 Å². The zero-order valence-corrected chi connectivity index (χ0v) is 10.6. The fraction of sp³-hybridized carbons (Fsp3) is 0.917. The Labute approximate surface area is 98.2 Å². The van der Waals surface area contributed by atoms with Gasteiger partial charge in [0, 0.05) is 19.5 Å². The van der Waals surface area contributed by atoms with Gasteiger partial charge < -0.3 is 10.6 Å². The van der Waals surface area contributed by atoms with Gasteiger partial charge in [0.1, 0.15) is 0 Å². The van der Waals surface area contributed by atoms with Crippen LogP contribution in [0.15, 0.2) is 0 Å². The molecule has 2 saturated carbocycles. The smallest absolute Gasteiger partial charge is 0.0733 e. The van der Waals surface area contributed by atoms with Crippen LogP contribution in [-0.2, 0) is 0 Å². The van der Waals surface area contributed by atoms with Gasteiger partial charge in [-0.05, 0) is 43.6 Å². The Morgan fingerprint density at radius 3 is 2.53 bits per heavy atom. The van der Waals surface area contributed by atoms with Gasteiger partial charge in [0.25, 0.3) is 0 Å². The Morgan fingerprint density at radius 2 is 2.13 bits per heavy atom. The second kappa shape index (κ2) is 4.02. The van der Waals surface area contributed by atoms with Gasteiger partial charge >= 0.3 is 0 Å². The SMILES string of the molecule is CC1CC1CN(C)CC1(CC(N)=S)CC1. The van der Waals surface area contributed by atoms with Gasteiger partial charge in [0.15, 0.2) is 0 Å². The predicted octanol–water partition coefficient (Wildman–Crippen LogP) is 2.03. The topological polar surface area (TPSA) is 29.3 Å². The highest BCUT2D eigenvalue weighted by atomic mass is 32.1. The van der Waals surface area contributed by atoms with Crippen molar-refractivity contribution in [3.05, 3.63) is 0 Å². The second-order valence-corrected chi connectivity index (χ2v) is 6.34. The lowest BCUT2D eigenvalue weighted by Crippen LogP contribution is -2.31. The van der Waals surface area contributed by atoms with E-state index in [9.17, 15) is 0 Å². The molecule has 2 N–H and O–H groups in total. The standard InChI is InChI=1S/C12H22N2S/c1-9-5-10(9)7-14(2)8-12(3-4-12)6-11(13)15/h9-10H,3-8H2,1-2H3,(H2,13,15). The van der Waals surface area contributed by atoms with Crippen LogP contribution in [0.25, 0.3) is 0 Å². The summed E-state index contributed by atoms with van der Waals surface area (Å²) in [5, 5.41) is 0. The molecular weight excluding hydrogens is 204 g/mol. The van der Waals surface area contributed by atoms with Gasteiger partial charge in [-0.15, -0.1) is 0 Å². The molecule has 2 nitrogen and oxygen atoms in total. The summed E-state index contributed by atoms with van der Waals surface area (Å²) < 4.78 is 0. The van der Waals surface area contributed by atoms with Gasteiger partial charge in [-0.2, -0.15) is 0 Å². The van der Waals surface area contributed by atoms with E-state index in [0.29, 0.717) is 10.4 Å². The van der Waals surface area contributed by atoms with Crippen LogP contribution >= 0.6 is 12.2 Å². The van der Waals surface area contributed by atoms with E-state index in [4.69, 9.17) is 18.0 Å². The highest BCUT2D eigenvalue weighted by Crippen LogP contribution is 2.49. The fourth-order valence-corrected chi connectivity index (χ4v) is 2.93. The van der Waals surface area contributed by atoms with Gasteiger partial charge in [-0.1, -0.05) is 19.1 Å². The molecular formula is C12H22N2S. The quantitative estimate of drug-likeness (QED) is 0.703. The van der Waals surface area contributed by atoms with Crippen molar-refractivity contribution in [3.63, 3.8) is 0 Å². The number of nitrogens with zero attached hydrogens (tertiary/aromatic N) is 1. The highest BCUT2D eigenvalue weighted by Gasteiger charge is 2.44. The van der Waals surface area contributed by atoms with Crippen molar-refractivity contribution in [2.75, 3.05) is 20.1 Å². The van der Waals surface area contributed by atoms with Gasteiger partial charge in [-0.3, -0.25) is 0 Å². The Morgan fingerprint density at radius 1 is 1.53 bits per heavy atom. The van der Waals surface area contributed by atoms with Crippen LogP contribution in [0.5, 0.6) is 0 Å². The van der Waals surface area contributed by atoms with E-state index in [-0.39, 0.29) is 0 Å². The summed E-state index contributed by atoms with van der Waals surface area (Å²) >= 11 is 5.01. The summed E-state index contributed by atoms with van der Waals surface area (Å²) in [6, 6.07) is 0. The minimum atomic E-state index is 0.457. The molecule has 0 spiro atoms. The third kappa shape index (κ3) is 3.15. The van der Waals surface area contributed by atoms with E-state index in [1.807, 2.05) is 0 Å². The molecule has 2 unspecified atom stereocenters. The first-order valence-electron chi connectivity index (χ1n) is 5.98. The lowest BCUT2D eigenvalue weighted by Gasteiger charge is -2.23. The normalized spacial score (nSPS) is 31.7. The summed E-state index contributed by atoms with van der Waals surface area (Å²) in [4.78, 5) is 3.18. The molecule has 2 rings (SSSR count). The van der Waals surface area contributed by atoms with Gasteiger partial charge in [-0.25, -0.2) is 0 Å². The monoisotopic (exact) mass is 226 g/mol. The van der Waals surface area contributed by atoms with Gasteiger partial charge in [0.2, 0.25) is 0 Å². The fourth-order valence-electron chi connectivity index (χ4n) is 2.63. The van der Waals surface area contributed by atoms with Crippen molar-refractivity contribution < 1.29 is 0 Å². The maximum absolute atomic E-state index is 5.64. The molecule has 0 aliphatic heterocycles. The zero-order chi connectivity index (χ0) is 11.1. The van der Waals surface area contributed by atoms with E-state index < -0.39 is 0 Å². The summed E-state index contributed by atoms with van der Waals surface area (Å²) in [6.45, 7) is 4.80. The van der Waals surface area contributed by atoms with Crippen LogP contribution in [0.1, 0.15) is 32.6 Å². The maximum Gasteiger partial charge on any atom is 0.0733 e. The lowest BCUT2D eigenvalue weighted by molar-refractivity contribution is 0.254. The largest absolute Gasteiger partial charge is 0.393 e.